The lowest BCUT2D eigenvalue weighted by atomic mass is 9.44. The maximum absolute atomic E-state index is 5.60. The summed E-state index contributed by atoms with van der Waals surface area (Å²) in [6, 6.07) is 0. The van der Waals surface area contributed by atoms with Crippen LogP contribution in [0.2, 0.25) is 0 Å². The third kappa shape index (κ3) is 2.79. The van der Waals surface area contributed by atoms with E-state index >= 15 is 0 Å². The van der Waals surface area contributed by atoms with Crippen molar-refractivity contribution in [1.82, 2.24) is 0 Å². The van der Waals surface area contributed by atoms with Gasteiger partial charge in [0.25, 0.3) is 0 Å². The minimum absolute atomic E-state index is 0.254. The molecular formula is C23H41N3. The molecule has 8 atom stereocenters. The summed E-state index contributed by atoms with van der Waals surface area (Å²) in [5.74, 6) is 5.63. The Morgan fingerprint density at radius 2 is 1.69 bits per heavy atom. The van der Waals surface area contributed by atoms with Crippen LogP contribution in [0.25, 0.3) is 0 Å². The minimum atomic E-state index is 0.254. The zero-order valence-electron chi connectivity index (χ0n) is 17.3. The van der Waals surface area contributed by atoms with Crippen LogP contribution in [0, 0.1) is 46.3 Å². The molecule has 148 valence electrons. The summed E-state index contributed by atoms with van der Waals surface area (Å²) in [6.07, 6.45) is 14.8. The van der Waals surface area contributed by atoms with Crippen LogP contribution in [0.1, 0.15) is 85.0 Å². The summed E-state index contributed by atoms with van der Waals surface area (Å²) < 4.78 is 0. The van der Waals surface area contributed by atoms with Crippen molar-refractivity contribution in [1.29, 1.82) is 0 Å². The quantitative estimate of drug-likeness (QED) is 0.553. The Hall–Kier alpha value is -0.730. The Morgan fingerprint density at radius 3 is 2.46 bits per heavy atom. The summed E-state index contributed by atoms with van der Waals surface area (Å²) in [7, 11) is 0. The molecule has 4 fully saturated rings. The molecule has 0 aromatic carbocycles. The summed E-state index contributed by atoms with van der Waals surface area (Å²) >= 11 is 0. The van der Waals surface area contributed by atoms with Crippen LogP contribution < -0.4 is 11.5 Å². The molecular weight excluding hydrogens is 318 g/mol. The van der Waals surface area contributed by atoms with Gasteiger partial charge >= 0.3 is 0 Å². The molecule has 0 amide bonds. The fourth-order valence-corrected chi connectivity index (χ4v) is 8.65. The zero-order valence-corrected chi connectivity index (χ0v) is 17.3. The van der Waals surface area contributed by atoms with Crippen LogP contribution in [0.5, 0.6) is 0 Å². The lowest BCUT2D eigenvalue weighted by Gasteiger charge is -2.60. The molecule has 0 radical (unpaired) electrons. The van der Waals surface area contributed by atoms with Crippen molar-refractivity contribution in [3.05, 3.63) is 0 Å². The van der Waals surface area contributed by atoms with Crippen molar-refractivity contribution in [2.24, 2.45) is 62.8 Å². The monoisotopic (exact) mass is 359 g/mol. The van der Waals surface area contributed by atoms with E-state index in [1.165, 1.54) is 64.2 Å². The van der Waals surface area contributed by atoms with Gasteiger partial charge in [0.1, 0.15) is 0 Å². The molecule has 4 aliphatic carbocycles. The Morgan fingerprint density at radius 1 is 0.923 bits per heavy atom. The van der Waals surface area contributed by atoms with Crippen LogP contribution in [0.4, 0.5) is 0 Å². The van der Waals surface area contributed by atoms with E-state index in [1.807, 2.05) is 0 Å². The van der Waals surface area contributed by atoms with Crippen molar-refractivity contribution >= 4 is 5.96 Å². The van der Waals surface area contributed by atoms with Crippen LogP contribution in [0.3, 0.4) is 0 Å². The van der Waals surface area contributed by atoms with Gasteiger partial charge in [0.15, 0.2) is 5.96 Å². The molecule has 0 aromatic heterocycles. The van der Waals surface area contributed by atoms with E-state index in [2.05, 4.69) is 25.8 Å². The van der Waals surface area contributed by atoms with Gasteiger partial charge in [-0.1, -0.05) is 33.6 Å². The van der Waals surface area contributed by atoms with Crippen LogP contribution in [0.15, 0.2) is 4.99 Å². The van der Waals surface area contributed by atoms with E-state index in [4.69, 9.17) is 11.5 Å². The first-order valence-corrected chi connectivity index (χ1v) is 11.4. The lowest BCUT2D eigenvalue weighted by molar-refractivity contribution is -0.113. The highest BCUT2D eigenvalue weighted by atomic mass is 15.0. The van der Waals surface area contributed by atoms with Gasteiger partial charge in [-0.05, 0) is 97.7 Å². The smallest absolute Gasteiger partial charge is 0.185 e. The van der Waals surface area contributed by atoms with Crippen LogP contribution >= 0.6 is 0 Å². The number of aliphatic imine (C=N–C) groups is 1. The molecule has 4 N–H and O–H groups in total. The first-order valence-electron chi connectivity index (χ1n) is 11.4. The van der Waals surface area contributed by atoms with Gasteiger partial charge < -0.3 is 11.5 Å². The Labute approximate surface area is 160 Å². The molecule has 26 heavy (non-hydrogen) atoms. The second kappa shape index (κ2) is 6.71. The first-order chi connectivity index (χ1) is 12.4. The Balaban J connectivity index is 1.53. The van der Waals surface area contributed by atoms with E-state index in [9.17, 15) is 0 Å². The molecule has 2 unspecified atom stereocenters. The number of fused-ring (bicyclic) bond motifs is 5. The third-order valence-electron chi connectivity index (χ3n) is 9.91. The van der Waals surface area contributed by atoms with Crippen molar-refractivity contribution in [3.63, 3.8) is 0 Å². The van der Waals surface area contributed by atoms with Gasteiger partial charge in [0.05, 0.1) is 0 Å². The number of hydrogen-bond acceptors (Lipinski definition) is 1. The number of hydrogen-bond donors (Lipinski definition) is 2. The number of nitrogens with two attached hydrogens (primary N) is 2. The maximum atomic E-state index is 5.60. The van der Waals surface area contributed by atoms with Gasteiger partial charge in [-0.3, -0.25) is 4.99 Å². The molecule has 0 heterocycles. The second-order valence-corrected chi connectivity index (χ2v) is 10.9. The maximum Gasteiger partial charge on any atom is 0.185 e. The molecule has 0 saturated heterocycles. The lowest BCUT2D eigenvalue weighted by Crippen LogP contribution is -2.53. The van der Waals surface area contributed by atoms with Crippen molar-refractivity contribution in [2.75, 3.05) is 6.54 Å². The fourth-order valence-electron chi connectivity index (χ4n) is 8.65. The van der Waals surface area contributed by atoms with E-state index in [0.29, 0.717) is 16.7 Å². The predicted molar refractivity (Wildman–Crippen MR) is 110 cm³/mol. The van der Waals surface area contributed by atoms with E-state index in [1.54, 1.807) is 0 Å². The number of nitrogens with zero attached hydrogens (tertiary/aromatic N) is 1. The van der Waals surface area contributed by atoms with Crippen molar-refractivity contribution < 1.29 is 0 Å². The second-order valence-electron chi connectivity index (χ2n) is 10.9. The van der Waals surface area contributed by atoms with Gasteiger partial charge in [-0.25, -0.2) is 0 Å². The minimum Gasteiger partial charge on any atom is -0.370 e. The highest BCUT2D eigenvalue weighted by Gasteiger charge is 2.60. The molecule has 0 spiro atoms. The third-order valence-corrected chi connectivity index (χ3v) is 9.91. The molecule has 0 aliphatic heterocycles. The highest BCUT2D eigenvalue weighted by Crippen LogP contribution is 2.68. The predicted octanol–water partition coefficient (Wildman–Crippen LogP) is 4.94. The highest BCUT2D eigenvalue weighted by molar-refractivity contribution is 5.75. The van der Waals surface area contributed by atoms with E-state index in [0.717, 1.165) is 36.1 Å². The van der Waals surface area contributed by atoms with Crippen molar-refractivity contribution in [3.8, 4) is 0 Å². The average Bonchev–Trinajstić information content (AvgIpc) is 2.96. The van der Waals surface area contributed by atoms with Gasteiger partial charge in [-0.15, -0.1) is 0 Å². The molecule has 4 saturated carbocycles. The van der Waals surface area contributed by atoms with Gasteiger partial charge in [0, 0.05) is 6.54 Å². The molecule has 3 nitrogen and oxygen atoms in total. The zero-order chi connectivity index (χ0) is 18.5. The fraction of sp³-hybridized carbons (Fsp3) is 0.957. The summed E-state index contributed by atoms with van der Waals surface area (Å²) in [4.78, 5) is 4.36. The molecule has 0 bridgehead atoms. The van der Waals surface area contributed by atoms with Gasteiger partial charge in [0.2, 0.25) is 0 Å². The SMILES string of the molecule is CC(CN=C(N)N)[C@H]1CC[C@H]2[C@@H]3CCC4CCCC[C@]4(C)[C@H]3CC[C@]12C. The first kappa shape index (κ1) is 18.6. The molecule has 0 aromatic rings. The number of guanidine groups is 1. The topological polar surface area (TPSA) is 64.4 Å². The average molecular weight is 360 g/mol. The Kier molecular flexibility index (Phi) is 4.80. The molecule has 4 rings (SSSR count). The van der Waals surface area contributed by atoms with E-state index in [-0.39, 0.29) is 5.96 Å². The largest absolute Gasteiger partial charge is 0.370 e. The Bertz CT molecular complexity index is 554. The summed E-state index contributed by atoms with van der Waals surface area (Å²) in [6.45, 7) is 8.51. The van der Waals surface area contributed by atoms with Gasteiger partial charge in [-0.2, -0.15) is 0 Å². The number of rotatable bonds is 3. The summed E-state index contributed by atoms with van der Waals surface area (Å²) in [5, 5.41) is 0. The standard InChI is InChI=1S/C23H41N3/c1-15(14-26-21(24)25)18-9-10-19-17-8-7-16-6-4-5-12-22(16,2)20(17)11-13-23(18,19)3/h15-20H,4-14H2,1-3H3,(H4,24,25,26)/t15?,16?,17-,18+,19-,20-,22-,23+/m0/s1. The van der Waals surface area contributed by atoms with Crippen molar-refractivity contribution in [2.45, 2.75) is 85.0 Å². The van der Waals surface area contributed by atoms with Crippen LogP contribution in [-0.2, 0) is 0 Å². The molecule has 4 aliphatic rings. The van der Waals surface area contributed by atoms with Crippen LogP contribution in [-0.4, -0.2) is 12.5 Å². The van der Waals surface area contributed by atoms with E-state index < -0.39 is 0 Å². The molecule has 3 heteroatoms. The summed E-state index contributed by atoms with van der Waals surface area (Å²) in [5.41, 5.74) is 12.4. The normalized spacial score (nSPS) is 48.8.